The third kappa shape index (κ3) is 2.15. The SMILES string of the molecule is CC/C(C)=C(\C#N)N1c2ccc(C)cc2C(=O)C1(C)CC. The van der Waals surface area contributed by atoms with E-state index in [1.54, 1.807) is 0 Å². The first kappa shape index (κ1) is 15.3. The predicted octanol–water partition coefficient (Wildman–Crippen LogP) is 4.37. The zero-order valence-corrected chi connectivity index (χ0v) is 13.4. The normalized spacial score (nSPS) is 21.9. The van der Waals surface area contributed by atoms with Crippen molar-refractivity contribution in [3.63, 3.8) is 0 Å². The van der Waals surface area contributed by atoms with Gasteiger partial charge in [-0.05, 0) is 51.3 Å². The monoisotopic (exact) mass is 282 g/mol. The number of carbonyl (C=O) groups is 1. The highest BCUT2D eigenvalue weighted by atomic mass is 16.1. The second kappa shape index (κ2) is 5.37. The number of benzene rings is 1. The van der Waals surface area contributed by atoms with E-state index < -0.39 is 5.54 Å². The van der Waals surface area contributed by atoms with E-state index in [0.29, 0.717) is 12.1 Å². The fourth-order valence-corrected chi connectivity index (χ4v) is 2.87. The van der Waals surface area contributed by atoms with Crippen molar-refractivity contribution in [1.82, 2.24) is 0 Å². The second-order valence-electron chi connectivity index (χ2n) is 5.91. The van der Waals surface area contributed by atoms with Crippen LogP contribution >= 0.6 is 0 Å². The van der Waals surface area contributed by atoms with Crippen LogP contribution in [0.3, 0.4) is 0 Å². The lowest BCUT2D eigenvalue weighted by Gasteiger charge is -2.35. The molecular weight excluding hydrogens is 260 g/mol. The third-order valence-corrected chi connectivity index (χ3v) is 4.57. The molecule has 0 bridgehead atoms. The maximum atomic E-state index is 12.9. The molecule has 0 amide bonds. The number of fused-ring (bicyclic) bond motifs is 1. The van der Waals surface area contributed by atoms with Crippen LogP contribution < -0.4 is 4.90 Å². The molecule has 21 heavy (non-hydrogen) atoms. The van der Waals surface area contributed by atoms with Crippen LogP contribution in [0.1, 0.15) is 56.5 Å². The molecule has 0 radical (unpaired) electrons. The lowest BCUT2D eigenvalue weighted by molar-refractivity contribution is 0.0913. The first-order valence-corrected chi connectivity index (χ1v) is 7.46. The number of aryl methyl sites for hydroxylation is 1. The van der Waals surface area contributed by atoms with Crippen LogP contribution in [-0.4, -0.2) is 11.3 Å². The van der Waals surface area contributed by atoms with E-state index in [1.165, 1.54) is 0 Å². The van der Waals surface area contributed by atoms with Gasteiger partial charge in [-0.3, -0.25) is 4.79 Å². The molecule has 0 aliphatic carbocycles. The van der Waals surface area contributed by atoms with Crippen molar-refractivity contribution in [2.24, 2.45) is 0 Å². The van der Waals surface area contributed by atoms with E-state index in [4.69, 9.17) is 0 Å². The number of ketones is 1. The number of carbonyl (C=O) groups excluding carboxylic acids is 1. The molecule has 0 aromatic heterocycles. The highest BCUT2D eigenvalue weighted by Gasteiger charge is 2.48. The third-order valence-electron chi connectivity index (χ3n) is 4.57. The largest absolute Gasteiger partial charge is 0.319 e. The van der Waals surface area contributed by atoms with E-state index in [2.05, 4.69) is 6.07 Å². The van der Waals surface area contributed by atoms with Crippen molar-refractivity contribution < 1.29 is 4.79 Å². The number of nitrogens with zero attached hydrogens (tertiary/aromatic N) is 2. The molecule has 1 atom stereocenters. The summed E-state index contributed by atoms with van der Waals surface area (Å²) in [6.45, 7) is 9.91. The molecule has 0 fully saturated rings. The van der Waals surface area contributed by atoms with Gasteiger partial charge in [0.05, 0.1) is 5.69 Å². The van der Waals surface area contributed by atoms with Crippen LogP contribution in [-0.2, 0) is 0 Å². The van der Waals surface area contributed by atoms with Gasteiger partial charge in [-0.15, -0.1) is 0 Å². The number of anilines is 1. The van der Waals surface area contributed by atoms with E-state index >= 15 is 0 Å². The summed E-state index contributed by atoms with van der Waals surface area (Å²) in [6.07, 6.45) is 1.47. The molecule has 1 unspecified atom stereocenters. The van der Waals surface area contributed by atoms with E-state index in [1.807, 2.05) is 57.7 Å². The molecular formula is C18H22N2O. The van der Waals surface area contributed by atoms with Crippen molar-refractivity contribution in [3.8, 4) is 6.07 Å². The van der Waals surface area contributed by atoms with Gasteiger partial charge in [0.25, 0.3) is 0 Å². The Hall–Kier alpha value is -2.08. The standard InChI is InChI=1S/C18H22N2O/c1-6-13(4)16(11-19)20-15-9-8-12(3)10-14(15)17(21)18(20,5)7-2/h8-10H,6-7H2,1-5H3/b16-13+. The highest BCUT2D eigenvalue weighted by Crippen LogP contribution is 2.44. The minimum atomic E-state index is -0.669. The Morgan fingerprint density at radius 3 is 2.57 bits per heavy atom. The Labute approximate surface area is 126 Å². The maximum Gasteiger partial charge on any atom is 0.190 e. The van der Waals surface area contributed by atoms with Crippen molar-refractivity contribution in [2.45, 2.75) is 53.0 Å². The summed E-state index contributed by atoms with van der Waals surface area (Å²) in [5.74, 6) is 0.111. The molecule has 1 aliphatic rings. The summed E-state index contributed by atoms with van der Waals surface area (Å²) in [4.78, 5) is 14.8. The molecule has 3 heteroatoms. The Balaban J connectivity index is 2.75. The van der Waals surface area contributed by atoms with Crippen LogP contribution in [0, 0.1) is 18.3 Å². The van der Waals surface area contributed by atoms with Crippen LogP contribution in [0.15, 0.2) is 29.5 Å². The minimum absolute atomic E-state index is 0.111. The van der Waals surface area contributed by atoms with Crippen molar-refractivity contribution in [2.75, 3.05) is 4.90 Å². The van der Waals surface area contributed by atoms with Gasteiger partial charge in [-0.1, -0.05) is 25.5 Å². The van der Waals surface area contributed by atoms with Crippen LogP contribution in [0.4, 0.5) is 5.69 Å². The van der Waals surface area contributed by atoms with Gasteiger partial charge in [0.15, 0.2) is 5.78 Å². The number of allylic oxidation sites excluding steroid dienone is 2. The number of rotatable bonds is 3. The van der Waals surface area contributed by atoms with Gasteiger partial charge in [-0.25, -0.2) is 0 Å². The van der Waals surface area contributed by atoms with Crippen LogP contribution in [0.5, 0.6) is 0 Å². The van der Waals surface area contributed by atoms with Crippen molar-refractivity contribution in [3.05, 3.63) is 40.6 Å². The Kier molecular flexibility index (Phi) is 3.91. The smallest absolute Gasteiger partial charge is 0.190 e. The lowest BCUT2D eigenvalue weighted by atomic mass is 9.91. The first-order chi connectivity index (χ1) is 9.90. The molecule has 0 spiro atoms. The van der Waals surface area contributed by atoms with Crippen LogP contribution in [0.2, 0.25) is 0 Å². The molecule has 1 aliphatic heterocycles. The molecule has 0 saturated heterocycles. The predicted molar refractivity (Wildman–Crippen MR) is 85.3 cm³/mol. The summed E-state index contributed by atoms with van der Waals surface area (Å²) in [5.41, 5.74) is 3.61. The molecule has 1 aromatic carbocycles. The average Bonchev–Trinajstić information content (AvgIpc) is 2.70. The Morgan fingerprint density at radius 1 is 1.38 bits per heavy atom. The Morgan fingerprint density at radius 2 is 2.05 bits per heavy atom. The number of hydrogen-bond donors (Lipinski definition) is 0. The molecule has 0 saturated carbocycles. The zero-order chi connectivity index (χ0) is 15.8. The summed E-state index contributed by atoms with van der Waals surface area (Å²) < 4.78 is 0. The summed E-state index contributed by atoms with van der Waals surface area (Å²) in [5, 5.41) is 9.62. The summed E-state index contributed by atoms with van der Waals surface area (Å²) in [6, 6.07) is 8.20. The van der Waals surface area contributed by atoms with E-state index in [9.17, 15) is 10.1 Å². The number of Topliss-reactive ketones (excluding diaryl/α,β-unsaturated/α-hetero) is 1. The van der Waals surface area contributed by atoms with Crippen LogP contribution in [0.25, 0.3) is 0 Å². The fourth-order valence-electron chi connectivity index (χ4n) is 2.87. The second-order valence-corrected chi connectivity index (χ2v) is 5.91. The van der Waals surface area contributed by atoms with Gasteiger partial charge in [0.1, 0.15) is 17.3 Å². The molecule has 110 valence electrons. The molecule has 1 aromatic rings. The first-order valence-electron chi connectivity index (χ1n) is 7.46. The van der Waals surface area contributed by atoms with Gasteiger partial charge < -0.3 is 4.90 Å². The average molecular weight is 282 g/mol. The molecule has 0 N–H and O–H groups in total. The number of hydrogen-bond acceptors (Lipinski definition) is 3. The number of nitriles is 1. The van der Waals surface area contributed by atoms with Gasteiger partial charge in [0, 0.05) is 5.56 Å². The topological polar surface area (TPSA) is 44.1 Å². The van der Waals surface area contributed by atoms with Crippen molar-refractivity contribution >= 4 is 11.5 Å². The minimum Gasteiger partial charge on any atom is -0.319 e. The zero-order valence-electron chi connectivity index (χ0n) is 13.4. The van der Waals surface area contributed by atoms with E-state index in [-0.39, 0.29) is 5.78 Å². The summed E-state index contributed by atoms with van der Waals surface area (Å²) >= 11 is 0. The van der Waals surface area contributed by atoms with Gasteiger partial charge in [-0.2, -0.15) is 5.26 Å². The molecule has 3 nitrogen and oxygen atoms in total. The van der Waals surface area contributed by atoms with Gasteiger partial charge >= 0.3 is 0 Å². The summed E-state index contributed by atoms with van der Waals surface area (Å²) in [7, 11) is 0. The highest BCUT2D eigenvalue weighted by molar-refractivity contribution is 6.14. The van der Waals surface area contributed by atoms with Gasteiger partial charge in [0.2, 0.25) is 0 Å². The maximum absolute atomic E-state index is 12.9. The molecule has 2 rings (SSSR count). The quantitative estimate of drug-likeness (QED) is 0.773. The fraction of sp³-hybridized carbons (Fsp3) is 0.444. The van der Waals surface area contributed by atoms with Crippen molar-refractivity contribution in [1.29, 1.82) is 5.26 Å². The lowest BCUT2D eigenvalue weighted by Crippen LogP contribution is -2.46. The Bertz CT molecular complexity index is 666. The van der Waals surface area contributed by atoms with E-state index in [0.717, 1.165) is 28.8 Å². The molecule has 1 heterocycles.